The van der Waals surface area contributed by atoms with E-state index in [2.05, 4.69) is 34.1 Å². The molecule has 2 aromatic heterocycles. The van der Waals surface area contributed by atoms with E-state index in [0.29, 0.717) is 38.4 Å². The Bertz CT molecular complexity index is 732. The maximum Gasteiger partial charge on any atom is 0.221 e. The first kappa shape index (κ1) is 18.3. The van der Waals surface area contributed by atoms with Crippen molar-refractivity contribution in [3.8, 4) is 0 Å². The van der Waals surface area contributed by atoms with Crippen LogP contribution in [0.15, 0.2) is 31.0 Å². The van der Waals surface area contributed by atoms with E-state index in [1.54, 1.807) is 24.8 Å². The number of β-amino-alcohol motifs (C(OH)–C–C–N with tert-alkyl or cyclic N) is 1. The smallest absolute Gasteiger partial charge is 0.221 e. The van der Waals surface area contributed by atoms with Crippen LogP contribution >= 0.6 is 0 Å². The number of aromatic nitrogens is 4. The van der Waals surface area contributed by atoms with Crippen LogP contribution in [0.1, 0.15) is 38.4 Å². The number of carbonyl (C=O) groups is 1. The molecule has 0 aliphatic carbocycles. The van der Waals surface area contributed by atoms with Gasteiger partial charge in [0.05, 0.1) is 6.20 Å². The van der Waals surface area contributed by atoms with Gasteiger partial charge in [0.2, 0.25) is 5.91 Å². The van der Waals surface area contributed by atoms with E-state index in [1.165, 1.54) is 0 Å². The van der Waals surface area contributed by atoms with Crippen LogP contribution in [0, 0.1) is 0 Å². The largest absolute Gasteiger partial charge is 0.386 e. The lowest BCUT2D eigenvalue weighted by Crippen LogP contribution is -2.45. The minimum atomic E-state index is -0.939. The first-order valence-electron chi connectivity index (χ1n) is 8.98. The van der Waals surface area contributed by atoms with Gasteiger partial charge in [-0.25, -0.2) is 9.97 Å². The molecule has 1 saturated heterocycles. The van der Waals surface area contributed by atoms with Crippen LogP contribution in [0.5, 0.6) is 0 Å². The van der Waals surface area contributed by atoms with E-state index >= 15 is 0 Å². The molecule has 140 valence electrons. The molecule has 0 radical (unpaired) electrons. The summed E-state index contributed by atoms with van der Waals surface area (Å²) in [5.74, 6) is 1.97. The van der Waals surface area contributed by atoms with Gasteiger partial charge in [-0.3, -0.25) is 9.78 Å². The Morgan fingerprint density at radius 3 is 2.92 bits per heavy atom. The maximum atomic E-state index is 12.2. The molecular weight excluding hydrogens is 332 g/mol. The molecular formula is C18H26N6O2. The van der Waals surface area contributed by atoms with Crippen molar-refractivity contribution < 1.29 is 9.90 Å². The number of anilines is 1. The fourth-order valence-corrected chi connectivity index (χ4v) is 3.23. The molecule has 1 unspecified atom stereocenters. The predicted molar refractivity (Wildman–Crippen MR) is 97.8 cm³/mol. The summed E-state index contributed by atoms with van der Waals surface area (Å²) in [6, 6.07) is 0. The summed E-state index contributed by atoms with van der Waals surface area (Å²) in [4.78, 5) is 26.8. The van der Waals surface area contributed by atoms with Gasteiger partial charge in [0.15, 0.2) is 0 Å². The lowest BCUT2D eigenvalue weighted by Gasteiger charge is -2.24. The Labute approximate surface area is 153 Å². The van der Waals surface area contributed by atoms with Crippen molar-refractivity contribution in [2.75, 3.05) is 24.5 Å². The Morgan fingerprint density at radius 1 is 1.35 bits per heavy atom. The molecule has 0 saturated carbocycles. The quantitative estimate of drug-likeness (QED) is 0.765. The number of imidazole rings is 1. The first-order valence-corrected chi connectivity index (χ1v) is 8.98. The fraction of sp³-hybridized carbons (Fsp3) is 0.556. The number of hydrogen-bond donors (Lipinski definition) is 2. The lowest BCUT2D eigenvalue weighted by atomic mass is 10.0. The SMILES string of the molecule is CC(C)c1nccn1CCC(=O)NCC1(O)CCN(c2cnccn2)C1. The zero-order chi connectivity index (χ0) is 18.6. The van der Waals surface area contributed by atoms with Gasteiger partial charge in [0.25, 0.3) is 0 Å². The van der Waals surface area contributed by atoms with Gasteiger partial charge >= 0.3 is 0 Å². The normalized spacial score (nSPS) is 19.9. The molecule has 2 N–H and O–H groups in total. The van der Waals surface area contributed by atoms with E-state index in [-0.39, 0.29) is 12.5 Å². The summed E-state index contributed by atoms with van der Waals surface area (Å²) in [5.41, 5.74) is -0.939. The van der Waals surface area contributed by atoms with Crippen molar-refractivity contribution in [2.24, 2.45) is 0 Å². The molecule has 0 spiro atoms. The van der Waals surface area contributed by atoms with E-state index in [4.69, 9.17) is 0 Å². The van der Waals surface area contributed by atoms with Crippen LogP contribution in [-0.4, -0.2) is 55.8 Å². The highest BCUT2D eigenvalue weighted by atomic mass is 16.3. The summed E-state index contributed by atoms with van der Waals surface area (Å²) >= 11 is 0. The number of nitrogens with zero attached hydrogens (tertiary/aromatic N) is 5. The van der Waals surface area contributed by atoms with Gasteiger partial charge in [0.1, 0.15) is 17.2 Å². The van der Waals surface area contributed by atoms with Crippen LogP contribution < -0.4 is 10.2 Å². The fourth-order valence-electron chi connectivity index (χ4n) is 3.23. The standard InChI is InChI=1S/C18H26N6O2/c1-14(2)17-21-7-10-23(17)8-3-16(25)22-12-18(26)4-9-24(13-18)15-11-19-5-6-20-15/h5-7,10-11,14,26H,3-4,8-9,12-13H2,1-2H3,(H,22,25). The second kappa shape index (κ2) is 7.82. The Hall–Kier alpha value is -2.48. The van der Waals surface area contributed by atoms with Crippen LogP contribution in [-0.2, 0) is 11.3 Å². The van der Waals surface area contributed by atoms with E-state index in [1.807, 2.05) is 15.7 Å². The predicted octanol–water partition coefficient (Wildman–Crippen LogP) is 0.944. The highest BCUT2D eigenvalue weighted by molar-refractivity contribution is 5.75. The van der Waals surface area contributed by atoms with Crippen LogP contribution in [0.4, 0.5) is 5.82 Å². The van der Waals surface area contributed by atoms with Gasteiger partial charge in [-0.15, -0.1) is 0 Å². The number of aryl methyl sites for hydroxylation is 1. The monoisotopic (exact) mass is 358 g/mol. The van der Waals surface area contributed by atoms with Gasteiger partial charge < -0.3 is 19.9 Å². The van der Waals surface area contributed by atoms with Crippen LogP contribution in [0.3, 0.4) is 0 Å². The summed E-state index contributed by atoms with van der Waals surface area (Å²) in [7, 11) is 0. The molecule has 8 heteroatoms. The summed E-state index contributed by atoms with van der Waals surface area (Å²) in [6.45, 7) is 6.12. The first-order chi connectivity index (χ1) is 12.5. The zero-order valence-electron chi connectivity index (χ0n) is 15.3. The molecule has 8 nitrogen and oxygen atoms in total. The second-order valence-electron chi connectivity index (χ2n) is 7.12. The lowest BCUT2D eigenvalue weighted by molar-refractivity contribution is -0.122. The third kappa shape index (κ3) is 4.37. The molecule has 3 rings (SSSR count). The van der Waals surface area contributed by atoms with E-state index < -0.39 is 5.60 Å². The molecule has 1 amide bonds. The van der Waals surface area contributed by atoms with E-state index in [9.17, 15) is 9.90 Å². The number of carbonyl (C=O) groups excluding carboxylic acids is 1. The highest BCUT2D eigenvalue weighted by Gasteiger charge is 2.36. The van der Waals surface area contributed by atoms with Crippen molar-refractivity contribution in [1.29, 1.82) is 0 Å². The van der Waals surface area contributed by atoms with Crippen molar-refractivity contribution in [3.63, 3.8) is 0 Å². The molecule has 2 aromatic rings. The topological polar surface area (TPSA) is 96.2 Å². The molecule has 1 aliphatic rings. The molecule has 26 heavy (non-hydrogen) atoms. The highest BCUT2D eigenvalue weighted by Crippen LogP contribution is 2.24. The average Bonchev–Trinajstić information content (AvgIpc) is 3.26. The summed E-state index contributed by atoms with van der Waals surface area (Å²) in [5, 5.41) is 13.6. The van der Waals surface area contributed by atoms with Crippen molar-refractivity contribution in [1.82, 2.24) is 24.8 Å². The maximum absolute atomic E-state index is 12.2. The molecule has 1 aliphatic heterocycles. The number of aliphatic hydroxyl groups is 1. The number of amides is 1. The Balaban J connectivity index is 1.46. The Kier molecular flexibility index (Phi) is 5.51. The third-order valence-electron chi connectivity index (χ3n) is 4.66. The zero-order valence-corrected chi connectivity index (χ0v) is 15.3. The van der Waals surface area contributed by atoms with Crippen molar-refractivity contribution in [3.05, 3.63) is 36.8 Å². The molecule has 0 aromatic carbocycles. The Morgan fingerprint density at radius 2 is 2.19 bits per heavy atom. The average molecular weight is 358 g/mol. The van der Waals surface area contributed by atoms with Gasteiger partial charge in [0, 0.05) is 63.3 Å². The summed E-state index contributed by atoms with van der Waals surface area (Å²) < 4.78 is 2.00. The minimum Gasteiger partial charge on any atom is -0.386 e. The van der Waals surface area contributed by atoms with Gasteiger partial charge in [-0.2, -0.15) is 0 Å². The number of rotatable bonds is 7. The number of nitrogens with one attached hydrogen (secondary N) is 1. The third-order valence-corrected chi connectivity index (χ3v) is 4.66. The molecule has 0 bridgehead atoms. The molecule has 1 atom stereocenters. The van der Waals surface area contributed by atoms with Crippen molar-refractivity contribution in [2.45, 2.75) is 44.8 Å². The second-order valence-corrected chi connectivity index (χ2v) is 7.12. The van der Waals surface area contributed by atoms with Crippen LogP contribution in [0.2, 0.25) is 0 Å². The van der Waals surface area contributed by atoms with Crippen molar-refractivity contribution >= 4 is 11.7 Å². The molecule has 3 heterocycles. The van der Waals surface area contributed by atoms with Crippen LogP contribution in [0.25, 0.3) is 0 Å². The molecule has 1 fully saturated rings. The van der Waals surface area contributed by atoms with Gasteiger partial charge in [-0.1, -0.05) is 13.8 Å². The minimum absolute atomic E-state index is 0.0696. The number of hydrogen-bond acceptors (Lipinski definition) is 6. The van der Waals surface area contributed by atoms with E-state index in [0.717, 1.165) is 11.6 Å². The van der Waals surface area contributed by atoms with Gasteiger partial charge in [-0.05, 0) is 6.42 Å². The summed E-state index contributed by atoms with van der Waals surface area (Å²) in [6.07, 6.45) is 9.54.